The first kappa shape index (κ1) is 15.9. The van der Waals surface area contributed by atoms with Crippen LogP contribution in [0.3, 0.4) is 0 Å². The Morgan fingerprint density at radius 2 is 1.25 bits per heavy atom. The Morgan fingerprint density at radius 1 is 0.688 bits per heavy atom. The van der Waals surface area contributed by atoms with Gasteiger partial charge in [0, 0.05) is 6.54 Å². The molecule has 0 rings (SSSR count). The van der Waals surface area contributed by atoms with Gasteiger partial charge in [-0.3, -0.25) is 0 Å². The number of rotatable bonds is 13. The molecule has 2 heteroatoms. The van der Waals surface area contributed by atoms with Crippen molar-refractivity contribution >= 4 is 0 Å². The van der Waals surface area contributed by atoms with Crippen LogP contribution in [0.25, 0.3) is 0 Å². The quantitative estimate of drug-likeness (QED) is 0.372. The Hall–Kier alpha value is -0.0800. The van der Waals surface area contributed by atoms with E-state index in [1.54, 1.807) is 0 Å². The van der Waals surface area contributed by atoms with Crippen molar-refractivity contribution in [2.24, 2.45) is 0 Å². The maximum Gasteiger partial charge on any atom is 0.0682 e. The van der Waals surface area contributed by atoms with E-state index in [2.05, 4.69) is 19.3 Å². The molecule has 0 heterocycles. The van der Waals surface area contributed by atoms with Gasteiger partial charge in [-0.15, -0.1) is 0 Å². The molecule has 0 aromatic carbocycles. The Labute approximate surface area is 102 Å². The molecule has 0 fully saturated rings. The van der Waals surface area contributed by atoms with Gasteiger partial charge in [0.25, 0.3) is 0 Å². The molecule has 0 aliphatic heterocycles. The Morgan fingerprint density at radius 3 is 1.88 bits per heavy atom. The van der Waals surface area contributed by atoms with Crippen LogP contribution in [0.1, 0.15) is 78.1 Å². The van der Waals surface area contributed by atoms with E-state index in [1.165, 1.54) is 57.8 Å². The predicted molar refractivity (Wildman–Crippen MR) is 71.5 cm³/mol. The van der Waals surface area contributed by atoms with Gasteiger partial charge < -0.3 is 4.84 Å². The van der Waals surface area contributed by atoms with Crippen molar-refractivity contribution in [2.75, 3.05) is 13.2 Å². The highest BCUT2D eigenvalue weighted by molar-refractivity contribution is 4.46. The molecule has 0 aliphatic carbocycles. The third kappa shape index (κ3) is 13.9. The lowest BCUT2D eigenvalue weighted by atomic mass is 10.1. The average molecular weight is 229 g/mol. The summed E-state index contributed by atoms with van der Waals surface area (Å²) in [6.45, 7) is 6.32. The standard InChI is InChI=1S/C14H31NO/c1-3-5-7-8-9-10-11-12-13-15-16-14-6-4-2/h15H,3-14H2,1-2H3. The molecule has 16 heavy (non-hydrogen) atoms. The summed E-state index contributed by atoms with van der Waals surface area (Å²) in [6.07, 6.45) is 13.4. The SMILES string of the molecule is CCCCCCCCCCNOCCCC. The van der Waals surface area contributed by atoms with Crippen LogP contribution in [0.4, 0.5) is 0 Å². The van der Waals surface area contributed by atoms with Gasteiger partial charge in [-0.05, 0) is 12.8 Å². The number of hydroxylamine groups is 1. The van der Waals surface area contributed by atoms with Gasteiger partial charge in [0.05, 0.1) is 6.61 Å². The fourth-order valence-corrected chi connectivity index (χ4v) is 1.69. The molecule has 0 aromatic rings. The second kappa shape index (κ2) is 14.9. The van der Waals surface area contributed by atoms with Gasteiger partial charge in [-0.25, -0.2) is 5.48 Å². The molecule has 98 valence electrons. The summed E-state index contributed by atoms with van der Waals surface area (Å²) in [6, 6.07) is 0. The van der Waals surface area contributed by atoms with E-state index in [0.717, 1.165) is 19.6 Å². The van der Waals surface area contributed by atoms with Crippen molar-refractivity contribution in [1.29, 1.82) is 0 Å². The fourth-order valence-electron chi connectivity index (χ4n) is 1.69. The third-order valence-corrected chi connectivity index (χ3v) is 2.83. The second-order valence-electron chi connectivity index (χ2n) is 4.57. The fraction of sp³-hybridized carbons (Fsp3) is 1.00. The van der Waals surface area contributed by atoms with Crippen LogP contribution >= 0.6 is 0 Å². The molecule has 0 saturated carbocycles. The first-order chi connectivity index (χ1) is 7.91. The van der Waals surface area contributed by atoms with E-state index in [4.69, 9.17) is 4.84 Å². The number of unbranched alkanes of at least 4 members (excludes halogenated alkanes) is 8. The highest BCUT2D eigenvalue weighted by Crippen LogP contribution is 2.07. The minimum atomic E-state index is 0.855. The van der Waals surface area contributed by atoms with E-state index >= 15 is 0 Å². The van der Waals surface area contributed by atoms with Crippen LogP contribution in [0.2, 0.25) is 0 Å². The zero-order valence-corrected chi connectivity index (χ0v) is 11.4. The lowest BCUT2D eigenvalue weighted by Crippen LogP contribution is -2.16. The van der Waals surface area contributed by atoms with Crippen LogP contribution in [0.5, 0.6) is 0 Å². The van der Waals surface area contributed by atoms with Crippen molar-refractivity contribution in [2.45, 2.75) is 78.1 Å². The van der Waals surface area contributed by atoms with Crippen LogP contribution in [0.15, 0.2) is 0 Å². The van der Waals surface area contributed by atoms with Gasteiger partial charge >= 0.3 is 0 Å². The smallest absolute Gasteiger partial charge is 0.0682 e. The van der Waals surface area contributed by atoms with Gasteiger partial charge in [0.15, 0.2) is 0 Å². The summed E-state index contributed by atoms with van der Waals surface area (Å²) in [5.41, 5.74) is 3.03. The summed E-state index contributed by atoms with van der Waals surface area (Å²) in [5, 5.41) is 0. The summed E-state index contributed by atoms with van der Waals surface area (Å²) >= 11 is 0. The van der Waals surface area contributed by atoms with E-state index in [1.807, 2.05) is 0 Å². The van der Waals surface area contributed by atoms with Gasteiger partial charge in [0.2, 0.25) is 0 Å². The van der Waals surface area contributed by atoms with Gasteiger partial charge in [-0.1, -0.05) is 65.2 Å². The predicted octanol–water partition coefficient (Wildman–Crippen LogP) is 4.45. The monoisotopic (exact) mass is 229 g/mol. The maximum absolute atomic E-state index is 5.28. The summed E-state index contributed by atoms with van der Waals surface area (Å²) in [7, 11) is 0. The van der Waals surface area contributed by atoms with Crippen molar-refractivity contribution in [3.63, 3.8) is 0 Å². The molecule has 2 nitrogen and oxygen atoms in total. The molecule has 0 amide bonds. The molecule has 0 aliphatic rings. The van der Waals surface area contributed by atoms with E-state index in [-0.39, 0.29) is 0 Å². The molecule has 0 bridgehead atoms. The normalized spacial score (nSPS) is 10.9. The van der Waals surface area contributed by atoms with Crippen molar-refractivity contribution in [3.8, 4) is 0 Å². The Bertz CT molecular complexity index is 103. The number of hydrogen-bond acceptors (Lipinski definition) is 2. The zero-order valence-electron chi connectivity index (χ0n) is 11.4. The van der Waals surface area contributed by atoms with Crippen molar-refractivity contribution < 1.29 is 4.84 Å². The molecular formula is C14H31NO. The van der Waals surface area contributed by atoms with E-state index in [9.17, 15) is 0 Å². The first-order valence-corrected chi connectivity index (χ1v) is 7.26. The Balaban J connectivity index is 2.83. The topological polar surface area (TPSA) is 21.3 Å². The zero-order chi connectivity index (χ0) is 11.9. The van der Waals surface area contributed by atoms with E-state index < -0.39 is 0 Å². The van der Waals surface area contributed by atoms with Crippen LogP contribution in [-0.2, 0) is 4.84 Å². The third-order valence-electron chi connectivity index (χ3n) is 2.83. The van der Waals surface area contributed by atoms with Gasteiger partial charge in [0.1, 0.15) is 0 Å². The molecule has 0 spiro atoms. The molecular weight excluding hydrogens is 198 g/mol. The van der Waals surface area contributed by atoms with Crippen LogP contribution < -0.4 is 5.48 Å². The minimum absolute atomic E-state index is 0.855. The summed E-state index contributed by atoms with van der Waals surface area (Å²) in [4.78, 5) is 5.28. The average Bonchev–Trinajstić information content (AvgIpc) is 2.31. The van der Waals surface area contributed by atoms with Crippen LogP contribution in [0, 0.1) is 0 Å². The maximum atomic E-state index is 5.28. The summed E-state index contributed by atoms with van der Waals surface area (Å²) < 4.78 is 0. The molecule has 1 N–H and O–H groups in total. The molecule has 0 saturated heterocycles. The molecule has 0 aromatic heterocycles. The molecule has 0 unspecified atom stereocenters. The van der Waals surface area contributed by atoms with Crippen molar-refractivity contribution in [3.05, 3.63) is 0 Å². The van der Waals surface area contributed by atoms with E-state index in [0.29, 0.717) is 0 Å². The first-order valence-electron chi connectivity index (χ1n) is 7.26. The van der Waals surface area contributed by atoms with Crippen LogP contribution in [-0.4, -0.2) is 13.2 Å². The van der Waals surface area contributed by atoms with Gasteiger partial charge in [-0.2, -0.15) is 0 Å². The molecule has 0 radical (unpaired) electrons. The highest BCUT2D eigenvalue weighted by Gasteiger charge is 1.91. The molecule has 0 atom stereocenters. The largest absolute Gasteiger partial charge is 0.302 e. The lowest BCUT2D eigenvalue weighted by molar-refractivity contribution is 0.0384. The van der Waals surface area contributed by atoms with Crippen molar-refractivity contribution in [1.82, 2.24) is 5.48 Å². The second-order valence-corrected chi connectivity index (χ2v) is 4.57. The number of nitrogens with one attached hydrogen (secondary N) is 1. The summed E-state index contributed by atoms with van der Waals surface area (Å²) in [5.74, 6) is 0. The number of hydrogen-bond donors (Lipinski definition) is 1. The lowest BCUT2D eigenvalue weighted by Gasteiger charge is -2.05. The highest BCUT2D eigenvalue weighted by atomic mass is 16.6. The Kier molecular flexibility index (Phi) is 14.8. The minimum Gasteiger partial charge on any atom is -0.302 e.